The minimum atomic E-state index is -0.496. The van der Waals surface area contributed by atoms with E-state index in [1.54, 1.807) is 29.0 Å². The maximum Gasteiger partial charge on any atom is 0.228 e. The molecule has 0 saturated carbocycles. The zero-order valence-electron chi connectivity index (χ0n) is 17.4. The number of nitrogens with one attached hydrogen (secondary N) is 1. The lowest BCUT2D eigenvalue weighted by molar-refractivity contribution is -0.148. The van der Waals surface area contributed by atoms with Gasteiger partial charge in [-0.3, -0.25) is 14.4 Å². The summed E-state index contributed by atoms with van der Waals surface area (Å²) >= 11 is 0. The molecule has 2 saturated heterocycles. The summed E-state index contributed by atoms with van der Waals surface area (Å²) < 4.78 is 13.8. The Morgan fingerprint density at radius 1 is 1.24 bits per heavy atom. The van der Waals surface area contributed by atoms with Crippen molar-refractivity contribution in [3.63, 3.8) is 0 Å². The number of hydrogen-bond donors (Lipinski definition) is 1. The second-order valence-corrected chi connectivity index (χ2v) is 8.44. The summed E-state index contributed by atoms with van der Waals surface area (Å²) in [7, 11) is 1.67. The van der Waals surface area contributed by atoms with Crippen LogP contribution < -0.4 is 5.32 Å². The number of hydrogen-bond acceptors (Lipinski definition) is 3. The van der Waals surface area contributed by atoms with Gasteiger partial charge < -0.3 is 15.1 Å². The highest BCUT2D eigenvalue weighted by atomic mass is 19.1. The van der Waals surface area contributed by atoms with Crippen LogP contribution in [0.2, 0.25) is 0 Å². The van der Waals surface area contributed by atoms with Crippen LogP contribution in [0.3, 0.4) is 0 Å². The highest BCUT2D eigenvalue weighted by molar-refractivity contribution is 5.86. The summed E-state index contributed by atoms with van der Waals surface area (Å²) in [6.07, 6.45) is 2.26. The molecule has 2 aliphatic rings. The first-order valence-corrected chi connectivity index (χ1v) is 10.4. The van der Waals surface area contributed by atoms with Gasteiger partial charge in [0.05, 0.1) is 17.9 Å². The molecule has 6 nitrogen and oxygen atoms in total. The van der Waals surface area contributed by atoms with Crippen molar-refractivity contribution in [3.8, 4) is 0 Å². The maximum absolute atomic E-state index is 13.8. The van der Waals surface area contributed by atoms with Crippen LogP contribution in [0, 0.1) is 17.7 Å². The van der Waals surface area contributed by atoms with E-state index < -0.39 is 12.0 Å². The van der Waals surface area contributed by atoms with E-state index in [4.69, 9.17) is 0 Å². The first-order chi connectivity index (χ1) is 13.8. The van der Waals surface area contributed by atoms with E-state index in [9.17, 15) is 18.8 Å². The molecule has 1 aromatic carbocycles. The number of piperidine rings is 2. The lowest BCUT2D eigenvalue weighted by atomic mass is 9.83. The smallest absolute Gasteiger partial charge is 0.228 e. The predicted octanol–water partition coefficient (Wildman–Crippen LogP) is 2.50. The minimum Gasteiger partial charge on any atom is -0.354 e. The fourth-order valence-corrected chi connectivity index (χ4v) is 4.47. The van der Waals surface area contributed by atoms with Gasteiger partial charge in [-0.25, -0.2) is 4.39 Å². The molecule has 3 atom stereocenters. The topological polar surface area (TPSA) is 69.7 Å². The lowest BCUT2D eigenvalue weighted by Crippen LogP contribution is -2.51. The van der Waals surface area contributed by atoms with Crippen LogP contribution in [-0.2, 0) is 14.4 Å². The van der Waals surface area contributed by atoms with Crippen molar-refractivity contribution in [1.29, 1.82) is 0 Å². The maximum atomic E-state index is 13.8. The molecule has 3 rings (SSSR count). The molecule has 0 radical (unpaired) electrons. The van der Waals surface area contributed by atoms with Crippen LogP contribution in [0.1, 0.15) is 51.1 Å². The van der Waals surface area contributed by atoms with Crippen molar-refractivity contribution >= 4 is 17.7 Å². The molecular weight excluding hydrogens is 373 g/mol. The first kappa shape index (κ1) is 21.3. The summed E-state index contributed by atoms with van der Waals surface area (Å²) in [6.45, 7) is 4.83. The standard InChI is InChI=1S/C22H30FN3O3/c1-14(2)24-21(28)16-7-5-11-26(13-16)22(29)18-9-10-19(27)25(3)20(18)15-6-4-8-17(23)12-15/h4,6,8,12,14,16,18,20H,5,7,9-11,13H2,1-3H3,(H,24,28). The van der Waals surface area contributed by atoms with Crippen molar-refractivity contribution in [2.24, 2.45) is 11.8 Å². The number of halogens is 1. The second kappa shape index (κ2) is 8.93. The number of likely N-dealkylation sites (tertiary alicyclic amines) is 2. The summed E-state index contributed by atoms with van der Waals surface area (Å²) in [5.74, 6) is -1.16. The lowest BCUT2D eigenvalue weighted by Gasteiger charge is -2.42. The molecule has 29 heavy (non-hydrogen) atoms. The van der Waals surface area contributed by atoms with Crippen LogP contribution in [0.25, 0.3) is 0 Å². The van der Waals surface area contributed by atoms with Crippen molar-refractivity contribution < 1.29 is 18.8 Å². The van der Waals surface area contributed by atoms with E-state index in [1.807, 2.05) is 13.8 Å². The highest BCUT2D eigenvalue weighted by Gasteiger charge is 2.42. The Morgan fingerprint density at radius 2 is 2.00 bits per heavy atom. The van der Waals surface area contributed by atoms with Gasteiger partial charge >= 0.3 is 0 Å². The molecule has 3 amide bonds. The van der Waals surface area contributed by atoms with Gasteiger partial charge in [0.2, 0.25) is 17.7 Å². The van der Waals surface area contributed by atoms with Crippen LogP contribution in [0.15, 0.2) is 24.3 Å². The molecule has 7 heteroatoms. The summed E-state index contributed by atoms with van der Waals surface area (Å²) in [6, 6.07) is 5.68. The SMILES string of the molecule is CC(C)NC(=O)C1CCCN(C(=O)C2CCC(=O)N(C)C2c2cccc(F)c2)C1. The van der Waals surface area contributed by atoms with Gasteiger partial charge in [-0.05, 0) is 50.8 Å². The normalized spacial score (nSPS) is 25.3. The third-order valence-corrected chi connectivity index (χ3v) is 5.90. The van der Waals surface area contributed by atoms with Gasteiger partial charge in [0, 0.05) is 32.6 Å². The first-order valence-electron chi connectivity index (χ1n) is 10.4. The molecule has 0 aromatic heterocycles. The molecule has 158 valence electrons. The molecule has 0 aliphatic carbocycles. The summed E-state index contributed by atoms with van der Waals surface area (Å²) in [5.41, 5.74) is 0.630. The fourth-order valence-electron chi connectivity index (χ4n) is 4.47. The van der Waals surface area contributed by atoms with E-state index in [2.05, 4.69) is 5.32 Å². The predicted molar refractivity (Wildman–Crippen MR) is 107 cm³/mol. The number of carbonyl (C=O) groups excluding carboxylic acids is 3. The zero-order valence-corrected chi connectivity index (χ0v) is 17.4. The van der Waals surface area contributed by atoms with E-state index in [-0.39, 0.29) is 35.5 Å². The van der Waals surface area contributed by atoms with Gasteiger partial charge in [0.1, 0.15) is 5.82 Å². The average Bonchev–Trinajstić information content (AvgIpc) is 2.69. The number of carbonyl (C=O) groups is 3. The third-order valence-electron chi connectivity index (χ3n) is 5.90. The molecule has 3 unspecified atom stereocenters. The third kappa shape index (κ3) is 4.77. The Labute approximate surface area is 171 Å². The van der Waals surface area contributed by atoms with Gasteiger partial charge in [-0.15, -0.1) is 0 Å². The van der Waals surface area contributed by atoms with E-state index >= 15 is 0 Å². The second-order valence-electron chi connectivity index (χ2n) is 8.44. The Hall–Kier alpha value is -2.44. The highest BCUT2D eigenvalue weighted by Crippen LogP contribution is 2.37. The molecular formula is C22H30FN3O3. The minimum absolute atomic E-state index is 0.0184. The Kier molecular flexibility index (Phi) is 6.55. The number of amides is 3. The van der Waals surface area contributed by atoms with Crippen LogP contribution in [0.4, 0.5) is 4.39 Å². The van der Waals surface area contributed by atoms with Crippen molar-refractivity contribution in [2.45, 2.75) is 51.6 Å². The summed E-state index contributed by atoms with van der Waals surface area (Å²) in [5, 5.41) is 2.93. The van der Waals surface area contributed by atoms with E-state index in [1.165, 1.54) is 12.1 Å². The molecule has 1 N–H and O–H groups in total. The van der Waals surface area contributed by atoms with Gasteiger partial charge in [-0.1, -0.05) is 12.1 Å². The molecule has 0 bridgehead atoms. The fraction of sp³-hybridized carbons (Fsp3) is 0.591. The summed E-state index contributed by atoms with van der Waals surface area (Å²) in [4.78, 5) is 41.5. The number of benzene rings is 1. The number of rotatable bonds is 4. The molecule has 2 heterocycles. The molecule has 1 aromatic rings. The Balaban J connectivity index is 1.80. The van der Waals surface area contributed by atoms with Crippen LogP contribution in [-0.4, -0.2) is 53.7 Å². The quantitative estimate of drug-likeness (QED) is 0.840. The average molecular weight is 403 g/mol. The molecule has 2 aliphatic heterocycles. The Morgan fingerprint density at radius 3 is 2.69 bits per heavy atom. The number of nitrogens with zero attached hydrogens (tertiary/aromatic N) is 2. The van der Waals surface area contributed by atoms with Crippen LogP contribution in [0.5, 0.6) is 0 Å². The van der Waals surface area contributed by atoms with Crippen molar-refractivity contribution in [1.82, 2.24) is 15.1 Å². The van der Waals surface area contributed by atoms with Crippen LogP contribution >= 0.6 is 0 Å². The van der Waals surface area contributed by atoms with E-state index in [0.717, 1.165) is 12.8 Å². The van der Waals surface area contributed by atoms with Gasteiger partial charge in [-0.2, -0.15) is 0 Å². The van der Waals surface area contributed by atoms with E-state index in [0.29, 0.717) is 31.5 Å². The van der Waals surface area contributed by atoms with Gasteiger partial charge in [0.25, 0.3) is 0 Å². The van der Waals surface area contributed by atoms with Crippen molar-refractivity contribution in [3.05, 3.63) is 35.6 Å². The largest absolute Gasteiger partial charge is 0.354 e. The molecule has 2 fully saturated rings. The Bertz CT molecular complexity index is 782. The monoisotopic (exact) mass is 403 g/mol. The van der Waals surface area contributed by atoms with Crippen molar-refractivity contribution in [2.75, 3.05) is 20.1 Å². The molecule has 0 spiro atoms. The van der Waals surface area contributed by atoms with Gasteiger partial charge in [0.15, 0.2) is 0 Å². The zero-order chi connectivity index (χ0) is 21.1.